The smallest absolute Gasteiger partial charge is 0.246 e. The second kappa shape index (κ2) is 8.91. The molecule has 1 amide bonds. The summed E-state index contributed by atoms with van der Waals surface area (Å²) < 4.78 is 12.5. The fraction of sp³-hybridized carbons (Fsp3) is 0.346. The van der Waals surface area contributed by atoms with Gasteiger partial charge >= 0.3 is 0 Å². The molecule has 0 radical (unpaired) electrons. The average molecular weight is 482 g/mol. The summed E-state index contributed by atoms with van der Waals surface area (Å²) in [4.78, 5) is 15.0. The number of ether oxygens (including phenoxy) is 1. The summed E-state index contributed by atoms with van der Waals surface area (Å²) in [7, 11) is 1.65. The number of hydrogen-bond donors (Lipinski definition) is 0. The van der Waals surface area contributed by atoms with Crippen LogP contribution in [0.25, 0.3) is 27.7 Å². The Morgan fingerprint density at radius 3 is 2.48 bits per heavy atom. The lowest BCUT2D eigenvalue weighted by molar-refractivity contribution is -0.128. The van der Waals surface area contributed by atoms with Gasteiger partial charge in [-0.1, -0.05) is 41.9 Å². The van der Waals surface area contributed by atoms with Gasteiger partial charge in [-0.3, -0.25) is 4.79 Å². The molecule has 2 heterocycles. The van der Waals surface area contributed by atoms with Gasteiger partial charge in [-0.2, -0.15) is 0 Å². The Hall–Kier alpha value is -2.53. The maximum Gasteiger partial charge on any atom is 0.246 e. The summed E-state index contributed by atoms with van der Waals surface area (Å²) in [6.45, 7) is 8.03. The first-order valence-corrected chi connectivity index (χ1v) is 11.5. The van der Waals surface area contributed by atoms with Crippen molar-refractivity contribution in [1.29, 1.82) is 0 Å². The quantitative estimate of drug-likeness (QED) is 0.385. The van der Waals surface area contributed by atoms with Crippen LogP contribution in [0.4, 0.5) is 0 Å². The van der Waals surface area contributed by atoms with E-state index in [2.05, 4.69) is 48.0 Å². The maximum atomic E-state index is 13.0. The van der Waals surface area contributed by atoms with Gasteiger partial charge in [0.15, 0.2) is 0 Å². The van der Waals surface area contributed by atoms with Crippen LogP contribution in [-0.4, -0.2) is 31.0 Å². The third-order valence-electron chi connectivity index (χ3n) is 6.00. The topological polar surface area (TPSA) is 42.7 Å². The molecule has 1 aliphatic rings. The Morgan fingerprint density at radius 2 is 1.84 bits per heavy atom. The summed E-state index contributed by atoms with van der Waals surface area (Å²) in [5.41, 5.74) is 4.64. The molecule has 0 spiro atoms. The van der Waals surface area contributed by atoms with E-state index < -0.39 is 0 Å². The molecular weight excluding hydrogens is 454 g/mol. The molecule has 2 aromatic carbocycles. The Kier molecular flexibility index (Phi) is 6.24. The Balaban J connectivity index is 1.71. The van der Waals surface area contributed by atoms with E-state index in [0.717, 1.165) is 50.8 Å². The molecule has 1 aliphatic heterocycles. The van der Waals surface area contributed by atoms with Crippen LogP contribution in [0.15, 0.2) is 57.6 Å². The van der Waals surface area contributed by atoms with E-state index in [4.69, 9.17) is 9.15 Å². The monoisotopic (exact) mass is 481 g/mol. The minimum atomic E-state index is 0.0679. The van der Waals surface area contributed by atoms with E-state index in [9.17, 15) is 4.79 Å². The van der Waals surface area contributed by atoms with E-state index in [0.29, 0.717) is 17.6 Å². The van der Waals surface area contributed by atoms with Crippen molar-refractivity contribution in [3.63, 3.8) is 0 Å². The first-order valence-electron chi connectivity index (χ1n) is 10.7. The van der Waals surface area contributed by atoms with Gasteiger partial charge in [0.2, 0.25) is 5.91 Å². The number of carbonyl (C=O) groups excluding carboxylic acids is 1. The largest absolute Gasteiger partial charge is 0.496 e. The molecule has 2 unspecified atom stereocenters. The Morgan fingerprint density at radius 1 is 1.16 bits per heavy atom. The van der Waals surface area contributed by atoms with Crippen LogP contribution in [0.3, 0.4) is 0 Å². The van der Waals surface area contributed by atoms with Gasteiger partial charge in [0.05, 0.1) is 13.4 Å². The molecule has 1 fully saturated rings. The van der Waals surface area contributed by atoms with Crippen LogP contribution < -0.4 is 4.74 Å². The zero-order valence-electron chi connectivity index (χ0n) is 18.4. The SMILES string of the molecule is COc1cc2occ(-c3ccc(Br)cc3)c2cc1/C(C)=C/C(=O)N1CC(C)CC(C)C1. The number of furan rings is 1. The molecular formula is C26H28BrNO3. The molecule has 5 heteroatoms. The van der Waals surface area contributed by atoms with Crippen LogP contribution in [0.1, 0.15) is 32.8 Å². The number of rotatable bonds is 4. The second-order valence-corrected chi connectivity index (χ2v) is 9.64. The van der Waals surface area contributed by atoms with Crippen LogP contribution in [0.2, 0.25) is 0 Å². The zero-order chi connectivity index (χ0) is 22.1. The van der Waals surface area contributed by atoms with Crippen LogP contribution in [0.5, 0.6) is 5.75 Å². The molecule has 4 rings (SSSR count). The molecule has 3 aromatic rings. The lowest BCUT2D eigenvalue weighted by Gasteiger charge is -2.34. The van der Waals surface area contributed by atoms with E-state index in [1.807, 2.05) is 30.0 Å². The van der Waals surface area contributed by atoms with Gasteiger partial charge < -0.3 is 14.1 Å². The number of allylic oxidation sites excluding steroid dienone is 1. The van der Waals surface area contributed by atoms with Crippen molar-refractivity contribution < 1.29 is 13.9 Å². The normalized spacial score (nSPS) is 19.6. The first-order chi connectivity index (χ1) is 14.9. The number of carbonyl (C=O) groups is 1. The first kappa shape index (κ1) is 21.7. The molecule has 0 N–H and O–H groups in total. The minimum Gasteiger partial charge on any atom is -0.496 e. The van der Waals surface area contributed by atoms with Gasteiger partial charge in [0.1, 0.15) is 11.3 Å². The number of likely N-dealkylation sites (tertiary alicyclic amines) is 1. The Labute approximate surface area is 192 Å². The minimum absolute atomic E-state index is 0.0679. The van der Waals surface area contributed by atoms with E-state index in [1.54, 1.807) is 19.4 Å². The van der Waals surface area contributed by atoms with Crippen molar-refractivity contribution in [2.45, 2.75) is 27.2 Å². The van der Waals surface area contributed by atoms with Crippen molar-refractivity contribution in [3.8, 4) is 16.9 Å². The molecule has 1 saturated heterocycles. The number of hydrogen-bond acceptors (Lipinski definition) is 3. The summed E-state index contributed by atoms with van der Waals surface area (Å²) >= 11 is 3.49. The van der Waals surface area contributed by atoms with Gasteiger partial charge in [-0.25, -0.2) is 0 Å². The maximum absolute atomic E-state index is 13.0. The van der Waals surface area contributed by atoms with Crippen molar-refractivity contribution in [2.24, 2.45) is 11.8 Å². The third kappa shape index (κ3) is 4.57. The van der Waals surface area contributed by atoms with E-state index in [-0.39, 0.29) is 5.91 Å². The summed E-state index contributed by atoms with van der Waals surface area (Å²) in [5, 5.41) is 0.999. The van der Waals surface area contributed by atoms with Crippen molar-refractivity contribution in [2.75, 3.05) is 20.2 Å². The highest BCUT2D eigenvalue weighted by Crippen LogP contribution is 2.37. The number of benzene rings is 2. The summed E-state index contributed by atoms with van der Waals surface area (Å²) in [6.07, 6.45) is 4.70. The van der Waals surface area contributed by atoms with Gasteiger partial charge in [0.25, 0.3) is 0 Å². The summed E-state index contributed by atoms with van der Waals surface area (Å²) in [6, 6.07) is 12.1. The average Bonchev–Trinajstić information content (AvgIpc) is 3.15. The lowest BCUT2D eigenvalue weighted by Crippen LogP contribution is -2.41. The van der Waals surface area contributed by atoms with Crippen molar-refractivity contribution in [1.82, 2.24) is 4.90 Å². The zero-order valence-corrected chi connectivity index (χ0v) is 20.0. The van der Waals surface area contributed by atoms with Gasteiger partial charge in [-0.15, -0.1) is 0 Å². The van der Waals surface area contributed by atoms with Crippen molar-refractivity contribution >= 4 is 38.4 Å². The molecule has 4 nitrogen and oxygen atoms in total. The molecule has 31 heavy (non-hydrogen) atoms. The lowest BCUT2D eigenvalue weighted by atomic mass is 9.91. The van der Waals surface area contributed by atoms with E-state index in [1.165, 1.54) is 6.42 Å². The fourth-order valence-corrected chi connectivity index (χ4v) is 4.85. The van der Waals surface area contributed by atoms with Crippen LogP contribution in [-0.2, 0) is 4.79 Å². The number of halogens is 1. The molecule has 2 atom stereocenters. The standard InChI is InChI=1S/C26H28BrNO3/c1-16-9-17(2)14-28(13-16)26(29)10-18(3)21-11-22-23(19-5-7-20(27)8-6-19)15-31-25(22)12-24(21)30-4/h5-8,10-12,15-17H,9,13-14H2,1-4H3/b18-10+. The van der Waals surface area contributed by atoms with Crippen molar-refractivity contribution in [3.05, 3.63) is 58.8 Å². The van der Waals surface area contributed by atoms with Gasteiger partial charge in [0, 0.05) is 46.2 Å². The molecule has 1 aromatic heterocycles. The van der Waals surface area contributed by atoms with Crippen LogP contribution >= 0.6 is 15.9 Å². The van der Waals surface area contributed by atoms with Gasteiger partial charge in [-0.05, 0) is 54.5 Å². The van der Waals surface area contributed by atoms with E-state index >= 15 is 0 Å². The molecule has 0 bridgehead atoms. The van der Waals surface area contributed by atoms with Crippen LogP contribution in [0, 0.1) is 11.8 Å². The second-order valence-electron chi connectivity index (χ2n) is 8.72. The predicted octanol–water partition coefficient (Wildman–Crippen LogP) is 6.78. The number of methoxy groups -OCH3 is 1. The number of amides is 1. The molecule has 162 valence electrons. The third-order valence-corrected chi connectivity index (χ3v) is 6.52. The number of nitrogens with zero attached hydrogens (tertiary/aromatic N) is 1. The predicted molar refractivity (Wildman–Crippen MR) is 129 cm³/mol. The number of fused-ring (bicyclic) bond motifs is 1. The Bertz CT molecular complexity index is 1120. The highest BCUT2D eigenvalue weighted by molar-refractivity contribution is 9.10. The molecule has 0 aliphatic carbocycles. The summed E-state index contributed by atoms with van der Waals surface area (Å²) in [5.74, 6) is 1.84. The highest BCUT2D eigenvalue weighted by atomic mass is 79.9. The fourth-order valence-electron chi connectivity index (χ4n) is 4.58. The molecule has 0 saturated carbocycles. The number of piperidine rings is 1. The highest BCUT2D eigenvalue weighted by Gasteiger charge is 2.24.